The summed E-state index contributed by atoms with van der Waals surface area (Å²) < 4.78 is 3.28. The van der Waals surface area contributed by atoms with E-state index in [1.165, 1.54) is 50.1 Å². The average molecular weight is 726 g/mol. The summed E-state index contributed by atoms with van der Waals surface area (Å²) in [6.45, 7) is 24.1. The SMILES string of the molecule is Cc1c(C)c(C(C)(C)C)c(C)c2c1-c1c(C)c(C3=CC=CC3)c(C(C)(C)C)[c]([Zr+2]=[C](c3ccccc3)c3ccccc3)c1C2.[Cl-].[Cl-]. The van der Waals surface area contributed by atoms with Crippen molar-refractivity contribution in [2.75, 3.05) is 0 Å². The van der Waals surface area contributed by atoms with Gasteiger partial charge in [-0.3, -0.25) is 0 Å². The number of halogens is 2. The van der Waals surface area contributed by atoms with Crippen LogP contribution in [0.4, 0.5) is 0 Å². The van der Waals surface area contributed by atoms with Crippen LogP contribution in [0, 0.1) is 27.7 Å². The second-order valence-corrected chi connectivity index (χ2v) is 18.0. The fraction of sp³-hybridized carbons (Fsp3) is 0.326. The van der Waals surface area contributed by atoms with Crippen molar-refractivity contribution >= 4 is 12.1 Å². The molecule has 0 bridgehead atoms. The second-order valence-electron chi connectivity index (χ2n) is 14.9. The van der Waals surface area contributed by atoms with E-state index in [4.69, 9.17) is 0 Å². The summed E-state index contributed by atoms with van der Waals surface area (Å²) in [6, 6.07) is 22.5. The Bertz CT molecular complexity index is 1830. The van der Waals surface area contributed by atoms with Crippen LogP contribution in [-0.4, -0.2) is 3.21 Å². The van der Waals surface area contributed by atoms with Gasteiger partial charge in [-0.25, -0.2) is 0 Å². The molecule has 0 aromatic heterocycles. The monoisotopic (exact) mass is 723 g/mol. The van der Waals surface area contributed by atoms with Crippen LogP contribution in [0.15, 0.2) is 78.9 Å². The quantitative estimate of drug-likeness (QED) is 0.258. The Kier molecular flexibility index (Phi) is 10.9. The first-order valence-electron chi connectivity index (χ1n) is 16.2. The van der Waals surface area contributed by atoms with E-state index in [2.05, 4.69) is 148 Å². The molecule has 3 heteroatoms. The van der Waals surface area contributed by atoms with Gasteiger partial charge in [0, 0.05) is 0 Å². The second kappa shape index (κ2) is 13.7. The Morgan fingerprint density at radius 3 is 1.59 bits per heavy atom. The smallest absolute Gasteiger partial charge is 1.00 e. The zero-order valence-electron chi connectivity index (χ0n) is 29.2. The van der Waals surface area contributed by atoms with Gasteiger partial charge >= 0.3 is 279 Å². The maximum atomic E-state index is 2.45. The van der Waals surface area contributed by atoms with E-state index in [-0.39, 0.29) is 35.6 Å². The van der Waals surface area contributed by atoms with Crippen molar-refractivity contribution in [2.45, 2.75) is 92.9 Å². The number of fused-ring (bicyclic) bond motifs is 3. The molecule has 0 heterocycles. The fourth-order valence-electron chi connectivity index (χ4n) is 8.10. The topological polar surface area (TPSA) is 0 Å². The minimum absolute atomic E-state index is 0. The van der Waals surface area contributed by atoms with Crippen LogP contribution < -0.4 is 28.1 Å². The number of rotatable bonds is 4. The molecule has 0 atom stereocenters. The zero-order chi connectivity index (χ0) is 31.6. The van der Waals surface area contributed by atoms with Crippen LogP contribution >= 0.6 is 0 Å². The van der Waals surface area contributed by atoms with Gasteiger partial charge in [0.05, 0.1) is 0 Å². The molecule has 237 valence electrons. The van der Waals surface area contributed by atoms with Crippen molar-refractivity contribution in [3.63, 3.8) is 0 Å². The largest absolute Gasteiger partial charge is 1.00 e. The van der Waals surface area contributed by atoms with E-state index in [9.17, 15) is 0 Å². The molecule has 46 heavy (non-hydrogen) atoms. The van der Waals surface area contributed by atoms with Crippen molar-refractivity contribution in [2.24, 2.45) is 0 Å². The van der Waals surface area contributed by atoms with E-state index >= 15 is 0 Å². The fourth-order valence-corrected chi connectivity index (χ4v) is 12.7. The maximum Gasteiger partial charge on any atom is -1.00 e. The molecule has 0 spiro atoms. The van der Waals surface area contributed by atoms with Crippen LogP contribution in [0.1, 0.15) is 109 Å². The van der Waals surface area contributed by atoms with Gasteiger partial charge in [0.1, 0.15) is 0 Å². The molecular formula is C43H47Cl2Zr. The molecule has 0 saturated carbocycles. The Hall–Kier alpha value is -2.31. The van der Waals surface area contributed by atoms with Crippen LogP contribution in [-0.2, 0) is 40.0 Å². The van der Waals surface area contributed by atoms with Gasteiger partial charge < -0.3 is 24.8 Å². The van der Waals surface area contributed by atoms with E-state index in [0.29, 0.717) is 0 Å². The molecule has 0 nitrogen and oxygen atoms in total. The summed E-state index contributed by atoms with van der Waals surface area (Å²) in [4.78, 5) is 0. The maximum absolute atomic E-state index is 2.45. The van der Waals surface area contributed by atoms with Crippen molar-refractivity contribution in [3.8, 4) is 11.1 Å². The van der Waals surface area contributed by atoms with E-state index in [1.807, 2.05) is 0 Å². The molecule has 0 radical (unpaired) electrons. The summed E-state index contributed by atoms with van der Waals surface area (Å²) in [6.07, 6.45) is 9.06. The molecule has 2 aliphatic rings. The number of allylic oxidation sites excluding steroid dienone is 4. The first-order valence-corrected chi connectivity index (χ1v) is 18.7. The third kappa shape index (κ3) is 6.30. The van der Waals surface area contributed by atoms with Crippen LogP contribution in [0.2, 0.25) is 0 Å². The molecule has 6 rings (SSSR count). The Morgan fingerprint density at radius 1 is 0.587 bits per heavy atom. The molecule has 4 aromatic rings. The van der Waals surface area contributed by atoms with Gasteiger partial charge in [0.2, 0.25) is 0 Å². The Balaban J connectivity index is 0.00000240. The predicted octanol–water partition coefficient (Wildman–Crippen LogP) is 4.41. The summed E-state index contributed by atoms with van der Waals surface area (Å²) in [5, 5.41) is 0. The molecule has 0 unspecified atom stereocenters. The Morgan fingerprint density at radius 2 is 1.11 bits per heavy atom. The molecule has 0 saturated heterocycles. The molecule has 4 aromatic carbocycles. The van der Waals surface area contributed by atoms with Gasteiger partial charge in [-0.05, 0) is 0 Å². The van der Waals surface area contributed by atoms with Gasteiger partial charge in [0.15, 0.2) is 0 Å². The zero-order valence-corrected chi connectivity index (χ0v) is 33.1. The molecule has 2 aliphatic carbocycles. The standard InChI is InChI=1S/C30H37.C13H10.2ClH.Zr/c1-17-18(2)28(30(8,9)10)19(3)23-15-22-16-24(29(5,6)7)25(21-13-11-12-14-21)20(4)26(22)27(17)23;1-3-7-12(8-4-1)11-13-9-5-2-6-10-13;;;/h11-13H,14-15H2,1-10H3;1-10H;2*1H;/q;;;;+2/p-2. The summed E-state index contributed by atoms with van der Waals surface area (Å²) in [5.74, 6) is 0. The molecule has 0 N–H and O–H groups in total. The molecular weight excluding hydrogens is 679 g/mol. The van der Waals surface area contributed by atoms with Crippen molar-refractivity contribution in [1.29, 1.82) is 0 Å². The number of hydrogen-bond acceptors (Lipinski definition) is 0. The van der Waals surface area contributed by atoms with Gasteiger partial charge in [-0.15, -0.1) is 0 Å². The third-order valence-electron chi connectivity index (χ3n) is 9.87. The number of hydrogen-bond donors (Lipinski definition) is 0. The molecule has 0 amide bonds. The summed E-state index contributed by atoms with van der Waals surface area (Å²) in [7, 11) is 0. The minimum Gasteiger partial charge on any atom is -1.00 e. The summed E-state index contributed by atoms with van der Waals surface area (Å²) >= 11 is -1.31. The van der Waals surface area contributed by atoms with Gasteiger partial charge in [-0.2, -0.15) is 0 Å². The molecule has 0 fully saturated rings. The van der Waals surface area contributed by atoms with Crippen LogP contribution in [0.25, 0.3) is 16.7 Å². The van der Waals surface area contributed by atoms with E-state index in [1.54, 1.807) is 34.3 Å². The van der Waals surface area contributed by atoms with Crippen molar-refractivity contribution in [3.05, 3.63) is 140 Å². The van der Waals surface area contributed by atoms with Crippen LogP contribution in [0.3, 0.4) is 0 Å². The molecule has 0 aliphatic heterocycles. The first kappa shape index (κ1) is 36.5. The van der Waals surface area contributed by atoms with E-state index in [0.717, 1.165) is 12.8 Å². The third-order valence-corrected chi connectivity index (χ3v) is 13.9. The van der Waals surface area contributed by atoms with E-state index < -0.39 is 22.8 Å². The van der Waals surface area contributed by atoms with Gasteiger partial charge in [-0.1, -0.05) is 0 Å². The Labute approximate surface area is 301 Å². The average Bonchev–Trinajstić information content (AvgIpc) is 3.64. The van der Waals surface area contributed by atoms with Crippen LogP contribution in [0.5, 0.6) is 0 Å². The summed E-state index contributed by atoms with van der Waals surface area (Å²) in [5.41, 5.74) is 21.3. The normalized spacial score (nSPS) is 13.3. The predicted molar refractivity (Wildman–Crippen MR) is 188 cm³/mol. The van der Waals surface area contributed by atoms with Gasteiger partial charge in [0.25, 0.3) is 0 Å². The van der Waals surface area contributed by atoms with Crippen molar-refractivity contribution < 1.29 is 47.6 Å². The first-order chi connectivity index (χ1) is 20.8. The number of benzene rings is 4. The van der Waals surface area contributed by atoms with Crippen molar-refractivity contribution in [1.82, 2.24) is 0 Å². The minimum atomic E-state index is -1.31.